The van der Waals surface area contributed by atoms with Crippen molar-refractivity contribution in [2.24, 2.45) is 0 Å². The summed E-state index contributed by atoms with van der Waals surface area (Å²) in [5.41, 5.74) is 8.81. The van der Waals surface area contributed by atoms with E-state index in [0.29, 0.717) is 24.2 Å². The van der Waals surface area contributed by atoms with Gasteiger partial charge in [-0.1, -0.05) is 12.1 Å². The number of hydrogen-bond donors (Lipinski definition) is 2. The molecule has 0 saturated heterocycles. The molecule has 108 valence electrons. The van der Waals surface area contributed by atoms with Crippen LogP contribution < -0.4 is 10.5 Å². The van der Waals surface area contributed by atoms with E-state index in [1.54, 1.807) is 31.3 Å². The van der Waals surface area contributed by atoms with Gasteiger partial charge in [0.1, 0.15) is 4.90 Å². The lowest BCUT2D eigenvalue weighted by Crippen LogP contribution is -2.27. The smallest absolute Gasteiger partial charge is 0.242 e. The highest BCUT2D eigenvalue weighted by atomic mass is 32.2. The number of nitrogens with two attached hydrogens (primary N) is 1. The quantitative estimate of drug-likeness (QED) is 0.833. The van der Waals surface area contributed by atoms with E-state index in [4.69, 9.17) is 5.73 Å². The maximum absolute atomic E-state index is 12.4. The predicted molar refractivity (Wildman–Crippen MR) is 83.5 cm³/mol. The number of benzene rings is 1. The molecule has 6 heteroatoms. The van der Waals surface area contributed by atoms with E-state index in [1.807, 2.05) is 22.9 Å². The highest BCUT2D eigenvalue weighted by Gasteiger charge is 2.20. The van der Waals surface area contributed by atoms with E-state index in [-0.39, 0.29) is 4.90 Å². The zero-order chi connectivity index (χ0) is 14.8. The molecular weight excluding hydrogens is 292 g/mol. The molecule has 1 aromatic heterocycles. The number of anilines is 1. The largest absolute Gasteiger partial charge is 0.397 e. The van der Waals surface area contributed by atoms with Gasteiger partial charge in [-0.05, 0) is 53.8 Å². The first-order valence-electron chi connectivity index (χ1n) is 6.28. The summed E-state index contributed by atoms with van der Waals surface area (Å²) in [4.78, 5) is 0.197. The summed E-state index contributed by atoms with van der Waals surface area (Å²) >= 11 is 1.60. The Hall–Kier alpha value is -1.37. The molecule has 0 amide bonds. The lowest BCUT2D eigenvalue weighted by molar-refractivity contribution is 0.581. The minimum Gasteiger partial charge on any atom is -0.397 e. The molecule has 1 aromatic carbocycles. The van der Waals surface area contributed by atoms with Crippen LogP contribution in [0.1, 0.15) is 16.7 Å². The summed E-state index contributed by atoms with van der Waals surface area (Å²) in [6.07, 6.45) is 0.674. The van der Waals surface area contributed by atoms with Gasteiger partial charge < -0.3 is 5.73 Å². The van der Waals surface area contributed by atoms with Crippen LogP contribution in [0.25, 0.3) is 0 Å². The summed E-state index contributed by atoms with van der Waals surface area (Å²) in [6, 6.07) is 5.60. The molecule has 0 unspecified atom stereocenters. The maximum Gasteiger partial charge on any atom is 0.242 e. The van der Waals surface area contributed by atoms with Crippen LogP contribution in [0.3, 0.4) is 0 Å². The summed E-state index contributed by atoms with van der Waals surface area (Å²) in [5.74, 6) is 0. The van der Waals surface area contributed by atoms with Crippen LogP contribution in [0.4, 0.5) is 5.69 Å². The highest BCUT2D eigenvalue weighted by molar-refractivity contribution is 7.89. The Morgan fingerprint density at radius 3 is 2.55 bits per heavy atom. The van der Waals surface area contributed by atoms with Crippen molar-refractivity contribution in [3.05, 3.63) is 45.6 Å². The molecule has 0 aliphatic heterocycles. The van der Waals surface area contributed by atoms with Crippen molar-refractivity contribution in [1.29, 1.82) is 0 Å². The third-order valence-corrected chi connectivity index (χ3v) is 5.56. The Balaban J connectivity index is 2.16. The molecule has 0 aliphatic carbocycles. The van der Waals surface area contributed by atoms with Crippen molar-refractivity contribution < 1.29 is 8.42 Å². The van der Waals surface area contributed by atoms with Gasteiger partial charge in [-0.15, -0.1) is 0 Å². The van der Waals surface area contributed by atoms with Crippen LogP contribution in [0, 0.1) is 13.8 Å². The molecule has 0 atom stereocenters. The molecule has 0 bridgehead atoms. The number of nitrogens with one attached hydrogen (secondary N) is 1. The normalized spacial score (nSPS) is 11.7. The molecule has 20 heavy (non-hydrogen) atoms. The number of rotatable bonds is 5. The van der Waals surface area contributed by atoms with Gasteiger partial charge in [0.2, 0.25) is 10.0 Å². The fourth-order valence-corrected chi connectivity index (χ4v) is 4.16. The standard InChI is InChI=1S/C14H18N2O2S2/c1-10-3-4-11(2)14(13(10)15)20(17,18)16-7-5-12-6-8-19-9-12/h3-4,6,8-9,16H,5,7,15H2,1-2H3. The molecule has 2 rings (SSSR count). The maximum atomic E-state index is 12.4. The zero-order valence-electron chi connectivity index (χ0n) is 11.5. The first-order valence-corrected chi connectivity index (χ1v) is 8.71. The van der Waals surface area contributed by atoms with E-state index in [0.717, 1.165) is 11.1 Å². The molecule has 0 radical (unpaired) electrons. The summed E-state index contributed by atoms with van der Waals surface area (Å²) in [6.45, 7) is 3.92. The zero-order valence-corrected chi connectivity index (χ0v) is 13.1. The summed E-state index contributed by atoms with van der Waals surface area (Å²) in [5, 5.41) is 3.99. The van der Waals surface area contributed by atoms with Crippen LogP contribution in [-0.2, 0) is 16.4 Å². The van der Waals surface area contributed by atoms with Crippen molar-refractivity contribution in [3.63, 3.8) is 0 Å². The molecule has 2 aromatic rings. The predicted octanol–water partition coefficient (Wildman–Crippen LogP) is 2.47. The van der Waals surface area contributed by atoms with Crippen LogP contribution in [0.15, 0.2) is 33.9 Å². The molecule has 0 fully saturated rings. The molecule has 4 nitrogen and oxygen atoms in total. The van der Waals surface area contributed by atoms with Gasteiger partial charge in [0, 0.05) is 6.54 Å². The lowest BCUT2D eigenvalue weighted by atomic mass is 10.1. The van der Waals surface area contributed by atoms with Crippen LogP contribution in [0.5, 0.6) is 0 Å². The fourth-order valence-electron chi connectivity index (χ4n) is 2.00. The first-order chi connectivity index (χ1) is 9.42. The molecule has 0 aliphatic rings. The number of aryl methyl sites for hydroxylation is 2. The summed E-state index contributed by atoms with van der Waals surface area (Å²) in [7, 11) is -3.57. The highest BCUT2D eigenvalue weighted by Crippen LogP contribution is 2.25. The Bertz CT molecular complexity index is 692. The van der Waals surface area contributed by atoms with Gasteiger partial charge in [0.15, 0.2) is 0 Å². The van der Waals surface area contributed by atoms with E-state index in [2.05, 4.69) is 4.72 Å². The van der Waals surface area contributed by atoms with Crippen molar-refractivity contribution in [3.8, 4) is 0 Å². The van der Waals surface area contributed by atoms with Crippen LogP contribution in [-0.4, -0.2) is 15.0 Å². The van der Waals surface area contributed by atoms with E-state index >= 15 is 0 Å². The van der Waals surface area contributed by atoms with Gasteiger partial charge in [0.25, 0.3) is 0 Å². The van der Waals surface area contributed by atoms with Crippen LogP contribution in [0.2, 0.25) is 0 Å². The van der Waals surface area contributed by atoms with E-state index in [1.165, 1.54) is 0 Å². The first kappa shape index (κ1) is 15.0. The topological polar surface area (TPSA) is 72.2 Å². The summed E-state index contributed by atoms with van der Waals surface area (Å²) < 4.78 is 27.4. The number of hydrogen-bond acceptors (Lipinski definition) is 4. The van der Waals surface area contributed by atoms with Crippen molar-refractivity contribution in [2.45, 2.75) is 25.2 Å². The Labute approximate surface area is 123 Å². The number of sulfonamides is 1. The molecule has 1 heterocycles. The molecular formula is C14H18N2O2S2. The Morgan fingerprint density at radius 2 is 1.90 bits per heavy atom. The van der Waals surface area contributed by atoms with E-state index in [9.17, 15) is 8.42 Å². The van der Waals surface area contributed by atoms with Gasteiger partial charge in [-0.3, -0.25) is 0 Å². The van der Waals surface area contributed by atoms with Crippen molar-refractivity contribution >= 4 is 27.0 Å². The van der Waals surface area contributed by atoms with Gasteiger partial charge in [-0.25, -0.2) is 13.1 Å². The SMILES string of the molecule is Cc1ccc(C)c(S(=O)(=O)NCCc2ccsc2)c1N. The van der Waals surface area contributed by atoms with Crippen LogP contribution >= 0.6 is 11.3 Å². The average Bonchev–Trinajstić information content (AvgIpc) is 2.87. The molecule has 3 N–H and O–H groups in total. The second kappa shape index (κ2) is 5.95. The second-order valence-electron chi connectivity index (χ2n) is 4.72. The second-order valence-corrected chi connectivity index (χ2v) is 7.21. The monoisotopic (exact) mass is 310 g/mol. The minimum absolute atomic E-state index is 0.197. The van der Waals surface area contributed by atoms with Gasteiger partial charge >= 0.3 is 0 Å². The van der Waals surface area contributed by atoms with Gasteiger partial charge in [0.05, 0.1) is 5.69 Å². The van der Waals surface area contributed by atoms with Crippen molar-refractivity contribution in [1.82, 2.24) is 4.72 Å². The molecule has 0 saturated carbocycles. The fraction of sp³-hybridized carbons (Fsp3) is 0.286. The molecule has 0 spiro atoms. The Kier molecular flexibility index (Phi) is 4.47. The Morgan fingerprint density at radius 1 is 1.20 bits per heavy atom. The number of thiophene rings is 1. The lowest BCUT2D eigenvalue weighted by Gasteiger charge is -2.13. The van der Waals surface area contributed by atoms with Gasteiger partial charge in [-0.2, -0.15) is 11.3 Å². The third-order valence-electron chi connectivity index (χ3n) is 3.17. The van der Waals surface area contributed by atoms with E-state index < -0.39 is 10.0 Å². The minimum atomic E-state index is -3.57. The number of nitrogen functional groups attached to an aromatic ring is 1. The third kappa shape index (κ3) is 3.20. The van der Waals surface area contributed by atoms with Crippen molar-refractivity contribution in [2.75, 3.05) is 12.3 Å². The average molecular weight is 310 g/mol.